The molecular weight excluding hydrogens is 182 g/mol. The minimum atomic E-state index is 0.532. The van der Waals surface area contributed by atoms with E-state index in [0.29, 0.717) is 5.54 Å². The molecule has 0 aromatic carbocycles. The molecule has 1 nitrogen and oxygen atoms in total. The Morgan fingerprint density at radius 1 is 1.00 bits per heavy atom. The smallest absolute Gasteiger partial charge is 0.0179 e. The molecule has 1 aliphatic rings. The summed E-state index contributed by atoms with van der Waals surface area (Å²) < 4.78 is 0. The highest BCUT2D eigenvalue weighted by atomic mass is 15.0. The zero-order valence-corrected chi connectivity index (χ0v) is 10.8. The Bertz CT molecular complexity index is 147. The summed E-state index contributed by atoms with van der Waals surface area (Å²) in [6, 6.07) is 0. The molecule has 0 aromatic rings. The van der Waals surface area contributed by atoms with Crippen LogP contribution in [-0.4, -0.2) is 12.1 Å². The van der Waals surface area contributed by atoms with E-state index in [9.17, 15) is 0 Å². The highest BCUT2D eigenvalue weighted by Gasteiger charge is 2.30. The molecule has 0 aliphatic carbocycles. The molecule has 1 unspecified atom stereocenters. The topological polar surface area (TPSA) is 12.0 Å². The van der Waals surface area contributed by atoms with Crippen molar-refractivity contribution in [3.05, 3.63) is 0 Å². The van der Waals surface area contributed by atoms with Gasteiger partial charge in [0.25, 0.3) is 0 Å². The maximum atomic E-state index is 3.72. The zero-order valence-electron chi connectivity index (χ0n) is 10.8. The SMILES string of the molecule is CCCCCCCCC1(CC)CCCN1. The van der Waals surface area contributed by atoms with Crippen molar-refractivity contribution in [2.45, 2.75) is 83.6 Å². The average molecular weight is 211 g/mol. The molecule has 1 saturated heterocycles. The third-order valence-corrected chi connectivity index (χ3v) is 4.02. The van der Waals surface area contributed by atoms with Crippen LogP contribution in [-0.2, 0) is 0 Å². The molecule has 1 heterocycles. The number of unbranched alkanes of at least 4 members (excludes halogenated alkanes) is 5. The summed E-state index contributed by atoms with van der Waals surface area (Å²) in [5.74, 6) is 0. The van der Waals surface area contributed by atoms with Crippen molar-refractivity contribution in [2.24, 2.45) is 0 Å². The standard InChI is InChI=1S/C14H29N/c1-3-5-6-7-8-9-11-14(4-2)12-10-13-15-14/h15H,3-13H2,1-2H3. The Balaban J connectivity index is 2.02. The molecule has 0 spiro atoms. The monoisotopic (exact) mass is 211 g/mol. The number of hydrogen-bond acceptors (Lipinski definition) is 1. The van der Waals surface area contributed by atoms with Crippen LogP contribution in [0.2, 0.25) is 0 Å². The number of hydrogen-bond donors (Lipinski definition) is 1. The second-order valence-corrected chi connectivity index (χ2v) is 5.18. The van der Waals surface area contributed by atoms with E-state index < -0.39 is 0 Å². The van der Waals surface area contributed by atoms with Gasteiger partial charge in [-0.2, -0.15) is 0 Å². The zero-order chi connectivity index (χ0) is 11.0. The van der Waals surface area contributed by atoms with Crippen molar-refractivity contribution in [3.8, 4) is 0 Å². The van der Waals surface area contributed by atoms with E-state index in [1.165, 1.54) is 70.8 Å². The lowest BCUT2D eigenvalue weighted by Crippen LogP contribution is -2.38. The van der Waals surface area contributed by atoms with Gasteiger partial charge in [0, 0.05) is 5.54 Å². The van der Waals surface area contributed by atoms with Crippen LogP contribution >= 0.6 is 0 Å². The Labute approximate surface area is 96.0 Å². The van der Waals surface area contributed by atoms with Crippen molar-refractivity contribution in [3.63, 3.8) is 0 Å². The van der Waals surface area contributed by atoms with Crippen LogP contribution in [0.25, 0.3) is 0 Å². The first-order chi connectivity index (χ1) is 7.33. The first kappa shape index (κ1) is 13.0. The van der Waals surface area contributed by atoms with Crippen molar-refractivity contribution in [1.29, 1.82) is 0 Å². The van der Waals surface area contributed by atoms with E-state index in [4.69, 9.17) is 0 Å². The summed E-state index contributed by atoms with van der Waals surface area (Å²) in [4.78, 5) is 0. The molecule has 1 rings (SSSR count). The number of nitrogens with one attached hydrogen (secondary N) is 1. The fraction of sp³-hybridized carbons (Fsp3) is 1.00. The van der Waals surface area contributed by atoms with Gasteiger partial charge in [-0.3, -0.25) is 0 Å². The molecule has 0 saturated carbocycles. The molecule has 1 N–H and O–H groups in total. The highest BCUT2D eigenvalue weighted by Crippen LogP contribution is 2.28. The maximum absolute atomic E-state index is 3.72. The fourth-order valence-electron chi connectivity index (χ4n) is 2.80. The lowest BCUT2D eigenvalue weighted by molar-refractivity contribution is 0.322. The average Bonchev–Trinajstić information content (AvgIpc) is 2.73. The lowest BCUT2D eigenvalue weighted by Gasteiger charge is -2.28. The van der Waals surface area contributed by atoms with Crippen LogP contribution in [0.4, 0.5) is 0 Å². The molecule has 1 atom stereocenters. The predicted octanol–water partition coefficient (Wildman–Crippen LogP) is 4.27. The summed E-state index contributed by atoms with van der Waals surface area (Å²) in [6.07, 6.45) is 14.1. The van der Waals surface area contributed by atoms with Crippen LogP contribution in [0.15, 0.2) is 0 Å². The second kappa shape index (κ2) is 7.27. The van der Waals surface area contributed by atoms with Crippen LogP contribution in [0.1, 0.15) is 78.1 Å². The maximum Gasteiger partial charge on any atom is 0.0179 e. The first-order valence-electron chi connectivity index (χ1n) is 7.08. The van der Waals surface area contributed by atoms with Crippen LogP contribution in [0.3, 0.4) is 0 Å². The largest absolute Gasteiger partial charge is 0.311 e. The van der Waals surface area contributed by atoms with Gasteiger partial charge in [-0.1, -0.05) is 52.4 Å². The van der Waals surface area contributed by atoms with E-state index in [1.54, 1.807) is 0 Å². The third-order valence-electron chi connectivity index (χ3n) is 4.02. The molecule has 0 aromatic heterocycles. The minimum Gasteiger partial charge on any atom is -0.311 e. The Hall–Kier alpha value is -0.0400. The molecule has 0 radical (unpaired) electrons. The fourth-order valence-corrected chi connectivity index (χ4v) is 2.80. The van der Waals surface area contributed by atoms with Gasteiger partial charge in [0.05, 0.1) is 0 Å². The van der Waals surface area contributed by atoms with Crippen LogP contribution < -0.4 is 5.32 Å². The van der Waals surface area contributed by atoms with Crippen molar-refractivity contribution < 1.29 is 0 Å². The summed E-state index contributed by atoms with van der Waals surface area (Å²) in [7, 11) is 0. The van der Waals surface area contributed by atoms with Crippen LogP contribution in [0.5, 0.6) is 0 Å². The van der Waals surface area contributed by atoms with Gasteiger partial charge >= 0.3 is 0 Å². The van der Waals surface area contributed by atoms with E-state index in [-0.39, 0.29) is 0 Å². The Kier molecular flexibility index (Phi) is 6.31. The van der Waals surface area contributed by atoms with Gasteiger partial charge in [0.15, 0.2) is 0 Å². The van der Waals surface area contributed by atoms with E-state index in [0.717, 1.165) is 0 Å². The van der Waals surface area contributed by atoms with Gasteiger partial charge in [-0.25, -0.2) is 0 Å². The molecular formula is C14H29N. The van der Waals surface area contributed by atoms with Gasteiger partial charge in [0.1, 0.15) is 0 Å². The molecule has 90 valence electrons. The van der Waals surface area contributed by atoms with E-state index in [2.05, 4.69) is 19.2 Å². The van der Waals surface area contributed by atoms with E-state index >= 15 is 0 Å². The van der Waals surface area contributed by atoms with Gasteiger partial charge in [0.2, 0.25) is 0 Å². The Morgan fingerprint density at radius 2 is 1.73 bits per heavy atom. The molecule has 1 fully saturated rings. The summed E-state index contributed by atoms with van der Waals surface area (Å²) in [6.45, 7) is 5.88. The normalized spacial score (nSPS) is 26.0. The lowest BCUT2D eigenvalue weighted by atomic mass is 9.88. The molecule has 15 heavy (non-hydrogen) atoms. The summed E-state index contributed by atoms with van der Waals surface area (Å²) in [5, 5.41) is 3.72. The predicted molar refractivity (Wildman–Crippen MR) is 68.3 cm³/mol. The minimum absolute atomic E-state index is 0.532. The quantitative estimate of drug-likeness (QED) is 0.591. The molecule has 1 aliphatic heterocycles. The summed E-state index contributed by atoms with van der Waals surface area (Å²) >= 11 is 0. The van der Waals surface area contributed by atoms with E-state index in [1.807, 2.05) is 0 Å². The van der Waals surface area contributed by atoms with Gasteiger partial charge < -0.3 is 5.32 Å². The van der Waals surface area contributed by atoms with Crippen LogP contribution in [0, 0.1) is 0 Å². The van der Waals surface area contributed by atoms with Gasteiger partial charge in [-0.05, 0) is 32.2 Å². The molecule has 1 heteroatoms. The first-order valence-corrected chi connectivity index (χ1v) is 7.08. The summed E-state index contributed by atoms with van der Waals surface area (Å²) in [5.41, 5.74) is 0.532. The highest BCUT2D eigenvalue weighted by molar-refractivity contribution is 4.91. The second-order valence-electron chi connectivity index (χ2n) is 5.18. The third kappa shape index (κ3) is 4.55. The Morgan fingerprint density at radius 3 is 2.33 bits per heavy atom. The number of rotatable bonds is 8. The molecule has 0 bridgehead atoms. The molecule has 0 amide bonds. The van der Waals surface area contributed by atoms with Crippen molar-refractivity contribution in [1.82, 2.24) is 5.32 Å². The van der Waals surface area contributed by atoms with Crippen molar-refractivity contribution >= 4 is 0 Å². The van der Waals surface area contributed by atoms with Gasteiger partial charge in [-0.15, -0.1) is 0 Å². The van der Waals surface area contributed by atoms with Crippen molar-refractivity contribution in [2.75, 3.05) is 6.54 Å².